The Bertz CT molecular complexity index is 702. The molecular formula is C16H19FN4O2+2. The van der Waals surface area contributed by atoms with Crippen LogP contribution in [-0.4, -0.2) is 17.3 Å². The van der Waals surface area contributed by atoms with E-state index in [0.29, 0.717) is 12.1 Å². The lowest BCUT2D eigenvalue weighted by atomic mass is 10.2. The van der Waals surface area contributed by atoms with Crippen LogP contribution >= 0.6 is 0 Å². The third-order valence-corrected chi connectivity index (χ3v) is 3.46. The highest BCUT2D eigenvalue weighted by Gasteiger charge is 2.09. The van der Waals surface area contributed by atoms with Gasteiger partial charge in [-0.05, 0) is 0 Å². The number of pyridine rings is 2. The minimum atomic E-state index is -0.440. The number of rotatable bonds is 7. The molecule has 0 saturated carbocycles. The number of aryl methyl sites for hydroxylation is 2. The van der Waals surface area contributed by atoms with Gasteiger partial charge in [-0.15, -0.1) is 0 Å². The molecule has 2 rings (SSSR count). The van der Waals surface area contributed by atoms with Gasteiger partial charge in [0.2, 0.25) is 12.1 Å². The lowest BCUT2D eigenvalue weighted by Crippen LogP contribution is -2.36. The van der Waals surface area contributed by atoms with Gasteiger partial charge >= 0.3 is 0 Å². The summed E-state index contributed by atoms with van der Waals surface area (Å²) in [4.78, 5) is 11.0. The van der Waals surface area contributed by atoms with Gasteiger partial charge in [0.05, 0.1) is 11.8 Å². The zero-order valence-corrected chi connectivity index (χ0v) is 12.6. The summed E-state index contributed by atoms with van der Waals surface area (Å²) in [6, 6.07) is 4.94. The summed E-state index contributed by atoms with van der Waals surface area (Å²) in [7, 11) is 0. The summed E-state index contributed by atoms with van der Waals surface area (Å²) in [5, 5.41) is 11.2. The number of aromatic nitrogens is 2. The molecule has 0 aliphatic carbocycles. The third kappa shape index (κ3) is 4.84. The van der Waals surface area contributed by atoms with Crippen LogP contribution in [0.5, 0.6) is 0 Å². The molecular weight excluding hydrogens is 299 g/mol. The van der Waals surface area contributed by atoms with Crippen LogP contribution in [-0.2, 0) is 13.1 Å². The normalized spacial score (nSPS) is 11.0. The molecule has 120 valence electrons. The molecule has 2 aromatic heterocycles. The van der Waals surface area contributed by atoms with E-state index >= 15 is 0 Å². The SMILES string of the molecule is NC(=O)c1cc[n+](CCCC[n+]2ccc(/C=N/O)c(F)c2)cc1. The van der Waals surface area contributed by atoms with Gasteiger partial charge in [0, 0.05) is 36.6 Å². The first-order chi connectivity index (χ1) is 11.1. The molecule has 0 aliphatic heterocycles. The standard InChI is InChI=1S/C16H17FN4O2/c17-15-12-21(10-5-14(15)11-19-23)7-2-1-6-20-8-3-13(4-9-20)16(18)22/h3-5,8-12H,1-2,6-7H2,(H-,18,22)/p+2. The summed E-state index contributed by atoms with van der Waals surface area (Å²) in [6.07, 6.45) is 9.61. The zero-order valence-electron chi connectivity index (χ0n) is 12.6. The Morgan fingerprint density at radius 2 is 1.78 bits per heavy atom. The van der Waals surface area contributed by atoms with Crippen molar-refractivity contribution in [1.82, 2.24) is 0 Å². The van der Waals surface area contributed by atoms with Crippen LogP contribution in [0.3, 0.4) is 0 Å². The van der Waals surface area contributed by atoms with Crippen LogP contribution in [0, 0.1) is 5.82 Å². The second-order valence-corrected chi connectivity index (χ2v) is 5.13. The van der Waals surface area contributed by atoms with Gasteiger partial charge in [0.25, 0.3) is 0 Å². The van der Waals surface area contributed by atoms with Crippen molar-refractivity contribution in [2.75, 3.05) is 0 Å². The van der Waals surface area contributed by atoms with E-state index in [-0.39, 0.29) is 5.56 Å². The monoisotopic (exact) mass is 318 g/mol. The fraction of sp³-hybridized carbons (Fsp3) is 0.250. The summed E-state index contributed by atoms with van der Waals surface area (Å²) in [5.41, 5.74) is 5.92. The Labute approximate surface area is 133 Å². The molecule has 0 unspecified atom stereocenters. The van der Waals surface area contributed by atoms with E-state index in [1.54, 1.807) is 29.0 Å². The molecule has 0 spiro atoms. The number of nitrogens with two attached hydrogens (primary N) is 1. The molecule has 1 amide bonds. The van der Waals surface area contributed by atoms with Gasteiger partial charge in [-0.3, -0.25) is 4.79 Å². The van der Waals surface area contributed by atoms with E-state index < -0.39 is 11.7 Å². The maximum Gasteiger partial charge on any atom is 0.249 e. The number of carbonyl (C=O) groups is 1. The van der Waals surface area contributed by atoms with Gasteiger partial charge in [-0.2, -0.15) is 4.39 Å². The highest BCUT2D eigenvalue weighted by molar-refractivity contribution is 5.92. The number of primary amides is 1. The highest BCUT2D eigenvalue weighted by Crippen LogP contribution is 2.00. The quantitative estimate of drug-likeness (QED) is 0.260. The van der Waals surface area contributed by atoms with Crippen molar-refractivity contribution in [1.29, 1.82) is 0 Å². The average Bonchev–Trinajstić information content (AvgIpc) is 2.54. The topological polar surface area (TPSA) is 83.4 Å². The van der Waals surface area contributed by atoms with Crippen molar-refractivity contribution in [3.8, 4) is 0 Å². The number of oxime groups is 1. The summed E-state index contributed by atoms with van der Waals surface area (Å²) in [5.74, 6) is -0.869. The summed E-state index contributed by atoms with van der Waals surface area (Å²) >= 11 is 0. The molecule has 6 nitrogen and oxygen atoms in total. The van der Waals surface area contributed by atoms with Crippen LogP contribution in [0.2, 0.25) is 0 Å². The minimum Gasteiger partial charge on any atom is -0.411 e. The van der Waals surface area contributed by atoms with Crippen molar-refractivity contribution in [3.05, 3.63) is 59.9 Å². The molecule has 0 fully saturated rings. The van der Waals surface area contributed by atoms with E-state index in [9.17, 15) is 9.18 Å². The Kier molecular flexibility index (Phi) is 5.74. The average molecular weight is 318 g/mol. The minimum absolute atomic E-state index is 0.244. The Balaban J connectivity index is 1.81. The van der Waals surface area contributed by atoms with Crippen LogP contribution in [0.25, 0.3) is 0 Å². The Hall–Kier alpha value is -2.83. The van der Waals surface area contributed by atoms with Gasteiger partial charge in [0.1, 0.15) is 13.1 Å². The number of hydrogen-bond acceptors (Lipinski definition) is 3. The highest BCUT2D eigenvalue weighted by atomic mass is 19.1. The Morgan fingerprint density at radius 1 is 1.17 bits per heavy atom. The molecule has 2 heterocycles. The predicted octanol–water partition coefficient (Wildman–Crippen LogP) is 0.788. The molecule has 0 saturated heterocycles. The van der Waals surface area contributed by atoms with E-state index in [2.05, 4.69) is 5.16 Å². The molecule has 0 aliphatic rings. The van der Waals surface area contributed by atoms with Crippen molar-refractivity contribution < 1.29 is 23.5 Å². The first-order valence-electron chi connectivity index (χ1n) is 7.25. The predicted molar refractivity (Wildman–Crippen MR) is 80.4 cm³/mol. The fourth-order valence-corrected chi connectivity index (χ4v) is 2.18. The van der Waals surface area contributed by atoms with E-state index in [1.165, 1.54) is 6.20 Å². The molecule has 0 atom stereocenters. The van der Waals surface area contributed by atoms with Crippen LogP contribution in [0.4, 0.5) is 4.39 Å². The second-order valence-electron chi connectivity index (χ2n) is 5.13. The number of nitrogens with zero attached hydrogens (tertiary/aromatic N) is 3. The number of unbranched alkanes of at least 4 members (excludes halogenated alkanes) is 1. The van der Waals surface area contributed by atoms with E-state index in [1.807, 2.05) is 17.0 Å². The van der Waals surface area contributed by atoms with Crippen molar-refractivity contribution in [2.24, 2.45) is 10.9 Å². The number of carbonyl (C=O) groups excluding carboxylic acids is 1. The van der Waals surface area contributed by atoms with Crippen molar-refractivity contribution in [3.63, 3.8) is 0 Å². The lowest BCUT2D eigenvalue weighted by Gasteiger charge is -1.99. The molecule has 0 bridgehead atoms. The number of halogens is 1. The van der Waals surface area contributed by atoms with Gasteiger partial charge in [-0.1, -0.05) is 5.16 Å². The maximum absolute atomic E-state index is 13.6. The summed E-state index contributed by atoms with van der Waals surface area (Å²) in [6.45, 7) is 1.49. The lowest BCUT2D eigenvalue weighted by molar-refractivity contribution is -0.708. The fourth-order valence-electron chi connectivity index (χ4n) is 2.18. The van der Waals surface area contributed by atoms with Gasteiger partial charge in [0.15, 0.2) is 24.4 Å². The molecule has 2 aromatic rings. The Morgan fingerprint density at radius 3 is 2.35 bits per heavy atom. The van der Waals surface area contributed by atoms with E-state index in [0.717, 1.165) is 25.6 Å². The molecule has 7 heteroatoms. The number of hydrogen-bond donors (Lipinski definition) is 2. The first kappa shape index (κ1) is 16.5. The molecule has 0 aromatic carbocycles. The van der Waals surface area contributed by atoms with Crippen molar-refractivity contribution in [2.45, 2.75) is 25.9 Å². The first-order valence-corrected chi connectivity index (χ1v) is 7.25. The van der Waals surface area contributed by atoms with Crippen LogP contribution in [0.1, 0.15) is 28.8 Å². The summed E-state index contributed by atoms with van der Waals surface area (Å²) < 4.78 is 17.4. The van der Waals surface area contributed by atoms with Crippen LogP contribution in [0.15, 0.2) is 48.1 Å². The smallest absolute Gasteiger partial charge is 0.249 e. The van der Waals surface area contributed by atoms with Gasteiger partial charge in [-0.25, -0.2) is 9.13 Å². The third-order valence-electron chi connectivity index (χ3n) is 3.46. The second kappa shape index (κ2) is 7.98. The number of amides is 1. The van der Waals surface area contributed by atoms with Crippen molar-refractivity contribution >= 4 is 12.1 Å². The van der Waals surface area contributed by atoms with Crippen LogP contribution < -0.4 is 14.9 Å². The largest absolute Gasteiger partial charge is 0.411 e. The zero-order chi connectivity index (χ0) is 16.7. The van der Waals surface area contributed by atoms with E-state index in [4.69, 9.17) is 10.9 Å². The molecule has 3 N–H and O–H groups in total. The molecule has 23 heavy (non-hydrogen) atoms. The maximum atomic E-state index is 13.6. The van der Waals surface area contributed by atoms with Gasteiger partial charge < -0.3 is 10.9 Å². The molecule has 0 radical (unpaired) electrons.